The van der Waals surface area contributed by atoms with E-state index in [0.717, 1.165) is 26.1 Å². The zero-order valence-corrected chi connectivity index (χ0v) is 12.4. The second-order valence-electron chi connectivity index (χ2n) is 5.77. The van der Waals surface area contributed by atoms with E-state index in [0.29, 0.717) is 6.04 Å². The zero-order valence-electron chi connectivity index (χ0n) is 12.4. The number of nitrogens with zero attached hydrogens (tertiary/aromatic N) is 2. The third-order valence-electron chi connectivity index (χ3n) is 4.03. The van der Waals surface area contributed by atoms with Crippen LogP contribution in [0.1, 0.15) is 24.0 Å². The fraction of sp³-hybridized carbons (Fsp3) is 0.625. The van der Waals surface area contributed by atoms with E-state index in [4.69, 9.17) is 0 Å². The number of benzene rings is 1. The van der Waals surface area contributed by atoms with Crippen molar-refractivity contribution in [3.05, 3.63) is 29.3 Å². The lowest BCUT2D eigenvalue weighted by atomic mass is 10.1. The van der Waals surface area contributed by atoms with Gasteiger partial charge in [-0.15, -0.1) is 0 Å². The number of aryl methyl sites for hydroxylation is 2. The Balaban J connectivity index is 2.27. The first-order valence-electron chi connectivity index (χ1n) is 7.25. The van der Waals surface area contributed by atoms with Gasteiger partial charge in [-0.05, 0) is 51.9 Å². The van der Waals surface area contributed by atoms with Crippen molar-refractivity contribution >= 4 is 5.69 Å². The van der Waals surface area contributed by atoms with E-state index in [1.165, 1.54) is 23.2 Å². The molecule has 1 unspecified atom stereocenters. The molecule has 1 saturated heterocycles. The number of aliphatic hydroxyl groups is 1. The predicted octanol–water partition coefficient (Wildman–Crippen LogP) is 2.20. The summed E-state index contributed by atoms with van der Waals surface area (Å²) in [6.07, 6.45) is 2.03. The average Bonchev–Trinajstić information content (AvgIpc) is 2.52. The maximum Gasteiger partial charge on any atom is 0.0451 e. The van der Waals surface area contributed by atoms with Crippen LogP contribution in [-0.4, -0.2) is 49.3 Å². The van der Waals surface area contributed by atoms with Crippen LogP contribution in [-0.2, 0) is 0 Å². The standard InChI is InChI=1S/C16H26N2O/c1-13-5-6-16(14(2)11-13)18-9-4-8-17(3)12-15(18)7-10-19/h5-6,11,15,19H,4,7-10,12H2,1-3H3. The van der Waals surface area contributed by atoms with E-state index >= 15 is 0 Å². The second kappa shape index (κ2) is 6.40. The monoisotopic (exact) mass is 262 g/mol. The molecule has 1 atom stereocenters. The van der Waals surface area contributed by atoms with Crippen LogP contribution < -0.4 is 4.90 Å². The first-order valence-corrected chi connectivity index (χ1v) is 7.25. The molecule has 0 aromatic heterocycles. The summed E-state index contributed by atoms with van der Waals surface area (Å²) in [4.78, 5) is 4.87. The highest BCUT2D eigenvalue weighted by atomic mass is 16.3. The van der Waals surface area contributed by atoms with Crippen LogP contribution >= 0.6 is 0 Å². The Hall–Kier alpha value is -1.06. The molecule has 1 aromatic rings. The van der Waals surface area contributed by atoms with Gasteiger partial charge in [0.15, 0.2) is 0 Å². The maximum absolute atomic E-state index is 9.33. The van der Waals surface area contributed by atoms with Crippen molar-refractivity contribution in [3.63, 3.8) is 0 Å². The van der Waals surface area contributed by atoms with Crippen LogP contribution in [0.4, 0.5) is 5.69 Å². The molecule has 1 aromatic carbocycles. The fourth-order valence-corrected chi connectivity index (χ4v) is 3.08. The number of anilines is 1. The molecule has 1 fully saturated rings. The summed E-state index contributed by atoms with van der Waals surface area (Å²) >= 11 is 0. The van der Waals surface area contributed by atoms with Gasteiger partial charge >= 0.3 is 0 Å². The summed E-state index contributed by atoms with van der Waals surface area (Å²) in [5.41, 5.74) is 3.98. The van der Waals surface area contributed by atoms with Crippen LogP contribution in [0.25, 0.3) is 0 Å². The highest BCUT2D eigenvalue weighted by Gasteiger charge is 2.24. The van der Waals surface area contributed by atoms with Crippen molar-refractivity contribution in [3.8, 4) is 0 Å². The third-order valence-corrected chi connectivity index (χ3v) is 4.03. The highest BCUT2D eigenvalue weighted by molar-refractivity contribution is 5.55. The Morgan fingerprint density at radius 2 is 2.05 bits per heavy atom. The molecule has 1 aliphatic rings. The van der Waals surface area contributed by atoms with Gasteiger partial charge in [-0.2, -0.15) is 0 Å². The summed E-state index contributed by atoms with van der Waals surface area (Å²) in [7, 11) is 2.18. The van der Waals surface area contributed by atoms with Crippen LogP contribution in [0.5, 0.6) is 0 Å². The maximum atomic E-state index is 9.33. The predicted molar refractivity (Wildman–Crippen MR) is 80.9 cm³/mol. The molecular weight excluding hydrogens is 236 g/mol. The van der Waals surface area contributed by atoms with E-state index in [2.05, 4.69) is 48.9 Å². The molecule has 106 valence electrons. The molecule has 2 rings (SSSR count). The SMILES string of the molecule is Cc1ccc(N2CCCN(C)CC2CCO)c(C)c1. The number of hydrogen-bond acceptors (Lipinski definition) is 3. The Kier molecular flexibility index (Phi) is 4.83. The molecule has 3 heteroatoms. The summed E-state index contributed by atoms with van der Waals surface area (Å²) in [6, 6.07) is 7.09. The van der Waals surface area contributed by atoms with E-state index in [-0.39, 0.29) is 6.61 Å². The summed E-state index contributed by atoms with van der Waals surface area (Å²) in [6.45, 7) is 7.85. The molecule has 0 radical (unpaired) electrons. The van der Waals surface area contributed by atoms with E-state index in [9.17, 15) is 5.11 Å². The normalized spacial score (nSPS) is 21.5. The van der Waals surface area contributed by atoms with Gasteiger partial charge in [-0.25, -0.2) is 0 Å². The molecule has 3 nitrogen and oxygen atoms in total. The van der Waals surface area contributed by atoms with Crippen molar-refractivity contribution in [2.75, 3.05) is 38.2 Å². The minimum absolute atomic E-state index is 0.264. The van der Waals surface area contributed by atoms with Gasteiger partial charge in [0.25, 0.3) is 0 Å². The van der Waals surface area contributed by atoms with Gasteiger partial charge < -0.3 is 14.9 Å². The van der Waals surface area contributed by atoms with Gasteiger partial charge in [0.05, 0.1) is 0 Å². The highest BCUT2D eigenvalue weighted by Crippen LogP contribution is 2.26. The van der Waals surface area contributed by atoms with Crippen LogP contribution in [0.2, 0.25) is 0 Å². The average molecular weight is 262 g/mol. The number of rotatable bonds is 3. The van der Waals surface area contributed by atoms with Gasteiger partial charge in [-0.1, -0.05) is 17.7 Å². The first-order chi connectivity index (χ1) is 9.11. The van der Waals surface area contributed by atoms with E-state index in [1.54, 1.807) is 0 Å². The minimum Gasteiger partial charge on any atom is -0.396 e. The Morgan fingerprint density at radius 3 is 2.74 bits per heavy atom. The van der Waals surface area contributed by atoms with Gasteiger partial charge in [0.1, 0.15) is 0 Å². The Bertz CT molecular complexity index is 419. The number of aliphatic hydroxyl groups excluding tert-OH is 1. The molecule has 0 bridgehead atoms. The van der Waals surface area contributed by atoms with Crippen LogP contribution in [0.3, 0.4) is 0 Å². The first kappa shape index (κ1) is 14.4. The quantitative estimate of drug-likeness (QED) is 0.904. The molecule has 0 saturated carbocycles. The topological polar surface area (TPSA) is 26.7 Å². The Labute approximate surface area is 116 Å². The molecule has 1 aliphatic heterocycles. The van der Waals surface area contributed by atoms with Crippen molar-refractivity contribution < 1.29 is 5.11 Å². The lowest BCUT2D eigenvalue weighted by Gasteiger charge is -2.34. The summed E-state index contributed by atoms with van der Waals surface area (Å²) in [5.74, 6) is 0. The van der Waals surface area contributed by atoms with E-state index in [1.807, 2.05) is 0 Å². The van der Waals surface area contributed by atoms with Gasteiger partial charge in [-0.3, -0.25) is 0 Å². The summed E-state index contributed by atoms with van der Waals surface area (Å²) < 4.78 is 0. The molecule has 1 N–H and O–H groups in total. The fourth-order valence-electron chi connectivity index (χ4n) is 3.08. The molecule has 1 heterocycles. The second-order valence-corrected chi connectivity index (χ2v) is 5.77. The minimum atomic E-state index is 0.264. The van der Waals surface area contributed by atoms with Gasteiger partial charge in [0, 0.05) is 31.4 Å². The van der Waals surface area contributed by atoms with Crippen LogP contribution in [0.15, 0.2) is 18.2 Å². The molecule has 0 amide bonds. The molecule has 19 heavy (non-hydrogen) atoms. The lowest BCUT2D eigenvalue weighted by Crippen LogP contribution is -2.41. The molecular formula is C16H26N2O. The number of hydrogen-bond donors (Lipinski definition) is 1. The van der Waals surface area contributed by atoms with Crippen molar-refractivity contribution in [1.82, 2.24) is 4.90 Å². The van der Waals surface area contributed by atoms with Crippen LogP contribution in [0, 0.1) is 13.8 Å². The Morgan fingerprint density at radius 1 is 1.26 bits per heavy atom. The molecule has 0 spiro atoms. The number of likely N-dealkylation sites (N-methyl/N-ethyl adjacent to an activating group) is 1. The van der Waals surface area contributed by atoms with Gasteiger partial charge in [0.2, 0.25) is 0 Å². The van der Waals surface area contributed by atoms with Crippen molar-refractivity contribution in [1.29, 1.82) is 0 Å². The summed E-state index contributed by atoms with van der Waals surface area (Å²) in [5, 5.41) is 9.33. The zero-order chi connectivity index (χ0) is 13.8. The van der Waals surface area contributed by atoms with Crippen molar-refractivity contribution in [2.24, 2.45) is 0 Å². The van der Waals surface area contributed by atoms with Crippen molar-refractivity contribution in [2.45, 2.75) is 32.7 Å². The lowest BCUT2D eigenvalue weighted by molar-refractivity contribution is 0.253. The van der Waals surface area contributed by atoms with E-state index < -0.39 is 0 Å². The molecule has 0 aliphatic carbocycles. The largest absolute Gasteiger partial charge is 0.396 e. The smallest absolute Gasteiger partial charge is 0.0451 e. The third kappa shape index (κ3) is 3.48.